The third-order valence-electron chi connectivity index (χ3n) is 4.75. The number of hydrogen-bond acceptors (Lipinski definition) is 5. The van der Waals surface area contributed by atoms with E-state index in [1.54, 1.807) is 11.0 Å². The number of rotatable bonds is 4. The first-order chi connectivity index (χ1) is 12.4. The summed E-state index contributed by atoms with van der Waals surface area (Å²) in [5.41, 5.74) is 1.64. The van der Waals surface area contributed by atoms with Gasteiger partial charge in [-0.3, -0.25) is 9.59 Å². The molecule has 1 aromatic rings. The number of carbonyl (C=O) groups is 3. The molecule has 2 heterocycles. The summed E-state index contributed by atoms with van der Waals surface area (Å²) in [5.74, 6) is -1.36. The van der Waals surface area contributed by atoms with Gasteiger partial charge in [0.05, 0.1) is 31.9 Å². The van der Waals surface area contributed by atoms with E-state index in [4.69, 9.17) is 14.6 Å². The highest BCUT2D eigenvalue weighted by molar-refractivity contribution is 6.01. The van der Waals surface area contributed by atoms with E-state index in [1.807, 2.05) is 19.1 Å². The van der Waals surface area contributed by atoms with Gasteiger partial charge in [0.25, 0.3) is 0 Å². The van der Waals surface area contributed by atoms with E-state index in [1.165, 1.54) is 12.0 Å². The quantitative estimate of drug-likeness (QED) is 0.846. The second-order valence-corrected chi connectivity index (χ2v) is 6.56. The van der Waals surface area contributed by atoms with Crippen molar-refractivity contribution < 1.29 is 29.0 Å². The highest BCUT2D eigenvalue weighted by Crippen LogP contribution is 2.34. The molecular formula is C18H22N2O6. The Balaban J connectivity index is 1.74. The Morgan fingerprint density at radius 1 is 1.31 bits per heavy atom. The number of anilines is 1. The number of hydrogen-bond donors (Lipinski definition) is 1. The molecule has 8 nitrogen and oxygen atoms in total. The second kappa shape index (κ2) is 7.33. The predicted octanol–water partition coefficient (Wildman–Crippen LogP) is 0.669. The third kappa shape index (κ3) is 3.50. The SMILES string of the molecule is COc1ccc(C)cc1N1C[C@@H](C(=O)N2CCO[C@@H](C(=O)O)C2)CC1=O. The molecule has 2 fully saturated rings. The van der Waals surface area contributed by atoms with E-state index in [-0.39, 0.29) is 37.9 Å². The summed E-state index contributed by atoms with van der Waals surface area (Å²) in [6.07, 6.45) is -0.914. The molecule has 3 rings (SSSR count). The number of morpholine rings is 1. The number of ether oxygens (including phenoxy) is 2. The molecule has 0 aromatic heterocycles. The molecule has 0 aliphatic carbocycles. The lowest BCUT2D eigenvalue weighted by atomic mass is 10.1. The molecule has 2 saturated heterocycles. The van der Waals surface area contributed by atoms with Crippen molar-refractivity contribution in [2.75, 3.05) is 38.3 Å². The number of nitrogens with zero attached hydrogens (tertiary/aromatic N) is 2. The van der Waals surface area contributed by atoms with Crippen LogP contribution in [0.25, 0.3) is 0 Å². The summed E-state index contributed by atoms with van der Waals surface area (Å²) in [5, 5.41) is 9.08. The van der Waals surface area contributed by atoms with Crippen LogP contribution in [0.1, 0.15) is 12.0 Å². The van der Waals surface area contributed by atoms with E-state index in [0.717, 1.165) is 5.56 Å². The van der Waals surface area contributed by atoms with Gasteiger partial charge >= 0.3 is 5.97 Å². The molecule has 26 heavy (non-hydrogen) atoms. The molecule has 0 unspecified atom stereocenters. The molecule has 2 aliphatic heterocycles. The highest BCUT2D eigenvalue weighted by Gasteiger charge is 2.40. The Kier molecular flexibility index (Phi) is 5.13. The van der Waals surface area contributed by atoms with Gasteiger partial charge in [0.15, 0.2) is 6.10 Å². The fourth-order valence-electron chi connectivity index (χ4n) is 3.37. The molecule has 0 bridgehead atoms. The van der Waals surface area contributed by atoms with Gasteiger partial charge in [-0.1, -0.05) is 6.07 Å². The van der Waals surface area contributed by atoms with Gasteiger partial charge < -0.3 is 24.4 Å². The number of amides is 2. The highest BCUT2D eigenvalue weighted by atomic mass is 16.5. The van der Waals surface area contributed by atoms with Gasteiger partial charge in [-0.15, -0.1) is 0 Å². The van der Waals surface area contributed by atoms with Gasteiger partial charge in [0.1, 0.15) is 5.75 Å². The zero-order valence-electron chi connectivity index (χ0n) is 14.8. The fourth-order valence-corrected chi connectivity index (χ4v) is 3.37. The summed E-state index contributed by atoms with van der Waals surface area (Å²) in [7, 11) is 1.54. The van der Waals surface area contributed by atoms with Crippen LogP contribution in [0.2, 0.25) is 0 Å². The average molecular weight is 362 g/mol. The molecule has 2 amide bonds. The van der Waals surface area contributed by atoms with Crippen LogP contribution in [0.3, 0.4) is 0 Å². The lowest BCUT2D eigenvalue weighted by Crippen LogP contribution is -2.50. The lowest BCUT2D eigenvalue weighted by molar-refractivity contribution is -0.160. The van der Waals surface area contributed by atoms with Gasteiger partial charge in [0, 0.05) is 19.5 Å². The van der Waals surface area contributed by atoms with E-state index < -0.39 is 18.0 Å². The first-order valence-corrected chi connectivity index (χ1v) is 8.49. The van der Waals surface area contributed by atoms with Crippen LogP contribution < -0.4 is 9.64 Å². The molecule has 1 N–H and O–H groups in total. The Bertz CT molecular complexity index is 734. The Morgan fingerprint density at radius 2 is 2.08 bits per heavy atom. The molecule has 1 aromatic carbocycles. The molecule has 0 radical (unpaired) electrons. The van der Waals surface area contributed by atoms with Gasteiger partial charge in [0.2, 0.25) is 11.8 Å². The van der Waals surface area contributed by atoms with Crippen LogP contribution in [0.15, 0.2) is 18.2 Å². The van der Waals surface area contributed by atoms with Crippen molar-refractivity contribution >= 4 is 23.5 Å². The van der Waals surface area contributed by atoms with Gasteiger partial charge in [-0.25, -0.2) is 4.79 Å². The zero-order valence-corrected chi connectivity index (χ0v) is 14.8. The lowest BCUT2D eigenvalue weighted by Gasteiger charge is -2.32. The van der Waals surface area contributed by atoms with Crippen LogP contribution >= 0.6 is 0 Å². The summed E-state index contributed by atoms with van der Waals surface area (Å²) < 4.78 is 10.5. The van der Waals surface area contributed by atoms with E-state index in [0.29, 0.717) is 18.0 Å². The first kappa shape index (κ1) is 18.2. The standard InChI is InChI=1S/C18H22N2O6/c1-11-3-4-14(25-2)13(7-11)20-9-12(8-16(20)21)17(22)19-5-6-26-15(10-19)18(23)24/h3-4,7,12,15H,5-6,8-10H2,1-2H3,(H,23,24)/t12-,15+/m0/s1. The maximum Gasteiger partial charge on any atom is 0.334 e. The predicted molar refractivity (Wildman–Crippen MR) is 92.1 cm³/mol. The van der Waals surface area contributed by atoms with E-state index in [9.17, 15) is 14.4 Å². The number of benzene rings is 1. The van der Waals surface area contributed by atoms with Crippen LogP contribution in [-0.4, -0.2) is 67.2 Å². The molecule has 140 valence electrons. The second-order valence-electron chi connectivity index (χ2n) is 6.56. The number of carboxylic acids is 1. The summed E-state index contributed by atoms with van der Waals surface area (Å²) in [6.45, 7) is 2.70. The van der Waals surface area contributed by atoms with E-state index in [2.05, 4.69) is 0 Å². The Labute approximate surface area is 151 Å². The minimum Gasteiger partial charge on any atom is -0.495 e. The molecule has 0 spiro atoms. The van der Waals surface area contributed by atoms with Crippen molar-refractivity contribution in [1.82, 2.24) is 4.90 Å². The molecule has 2 aliphatic rings. The van der Waals surface area contributed by atoms with Crippen LogP contribution in [-0.2, 0) is 19.1 Å². The number of aryl methyl sites for hydroxylation is 1. The van der Waals surface area contributed by atoms with E-state index >= 15 is 0 Å². The van der Waals surface area contributed by atoms with Crippen molar-refractivity contribution in [3.8, 4) is 5.75 Å². The molecular weight excluding hydrogens is 340 g/mol. The Morgan fingerprint density at radius 3 is 2.77 bits per heavy atom. The third-order valence-corrected chi connectivity index (χ3v) is 4.75. The van der Waals surface area contributed by atoms with Crippen molar-refractivity contribution in [2.24, 2.45) is 5.92 Å². The zero-order chi connectivity index (χ0) is 18.8. The number of aliphatic carboxylic acids is 1. The fraction of sp³-hybridized carbons (Fsp3) is 0.500. The summed E-state index contributed by atoms with van der Waals surface area (Å²) in [4.78, 5) is 39.4. The maximum atomic E-state index is 12.8. The monoisotopic (exact) mass is 362 g/mol. The number of methoxy groups -OCH3 is 1. The molecule has 0 saturated carbocycles. The molecule has 8 heteroatoms. The van der Waals surface area contributed by atoms with Crippen LogP contribution in [0, 0.1) is 12.8 Å². The summed E-state index contributed by atoms with van der Waals surface area (Å²) in [6, 6.07) is 5.55. The number of carbonyl (C=O) groups excluding carboxylic acids is 2. The normalized spacial score (nSPS) is 23.2. The van der Waals surface area contributed by atoms with Crippen LogP contribution in [0.4, 0.5) is 5.69 Å². The maximum absolute atomic E-state index is 12.8. The van der Waals surface area contributed by atoms with Crippen LogP contribution in [0.5, 0.6) is 5.75 Å². The topological polar surface area (TPSA) is 96.4 Å². The van der Waals surface area contributed by atoms with Gasteiger partial charge in [-0.05, 0) is 24.6 Å². The summed E-state index contributed by atoms with van der Waals surface area (Å²) >= 11 is 0. The van der Waals surface area contributed by atoms with Crippen molar-refractivity contribution in [1.29, 1.82) is 0 Å². The number of carboxylic acid groups (broad SMARTS) is 1. The minimum absolute atomic E-state index is 0.00657. The first-order valence-electron chi connectivity index (χ1n) is 8.49. The van der Waals surface area contributed by atoms with Crippen molar-refractivity contribution in [3.05, 3.63) is 23.8 Å². The van der Waals surface area contributed by atoms with Crippen molar-refractivity contribution in [2.45, 2.75) is 19.4 Å². The Hall–Kier alpha value is -2.61. The van der Waals surface area contributed by atoms with Gasteiger partial charge in [-0.2, -0.15) is 0 Å². The smallest absolute Gasteiger partial charge is 0.334 e. The molecule has 2 atom stereocenters. The largest absolute Gasteiger partial charge is 0.495 e. The minimum atomic E-state index is -1.09. The van der Waals surface area contributed by atoms with Crippen molar-refractivity contribution in [3.63, 3.8) is 0 Å². The average Bonchev–Trinajstić information content (AvgIpc) is 3.02.